The van der Waals surface area contributed by atoms with Crippen molar-refractivity contribution < 1.29 is 4.79 Å². The molecular formula is C19H21ClN2O. The van der Waals surface area contributed by atoms with Crippen molar-refractivity contribution in [1.29, 1.82) is 0 Å². The van der Waals surface area contributed by atoms with Crippen molar-refractivity contribution in [2.24, 2.45) is 17.8 Å². The van der Waals surface area contributed by atoms with Gasteiger partial charge in [-0.15, -0.1) is 0 Å². The molecule has 0 radical (unpaired) electrons. The van der Waals surface area contributed by atoms with Crippen molar-refractivity contribution in [3.63, 3.8) is 0 Å². The average Bonchev–Trinajstić information content (AvgIpc) is 2.91. The summed E-state index contributed by atoms with van der Waals surface area (Å²) in [6.45, 7) is 0. The van der Waals surface area contributed by atoms with Crippen LogP contribution in [-0.2, 0) is 0 Å². The molecule has 0 aliphatic heterocycles. The van der Waals surface area contributed by atoms with E-state index < -0.39 is 0 Å². The van der Waals surface area contributed by atoms with Gasteiger partial charge < -0.3 is 10.3 Å². The number of hydrogen-bond donors (Lipinski definition) is 2. The van der Waals surface area contributed by atoms with Gasteiger partial charge in [0.05, 0.1) is 10.5 Å². The Morgan fingerprint density at radius 1 is 1.13 bits per heavy atom. The van der Waals surface area contributed by atoms with Gasteiger partial charge in [0.15, 0.2) is 0 Å². The van der Waals surface area contributed by atoms with Crippen molar-refractivity contribution in [3.8, 4) is 0 Å². The Labute approximate surface area is 140 Å². The molecule has 4 fully saturated rings. The molecule has 0 unspecified atom stereocenters. The van der Waals surface area contributed by atoms with Gasteiger partial charge in [0.1, 0.15) is 5.69 Å². The minimum Gasteiger partial charge on any atom is -0.349 e. The molecule has 0 spiro atoms. The number of carbonyl (C=O) groups is 1. The van der Waals surface area contributed by atoms with Crippen LogP contribution in [0.5, 0.6) is 0 Å². The van der Waals surface area contributed by atoms with Crippen LogP contribution in [0.1, 0.15) is 49.0 Å². The van der Waals surface area contributed by atoms with Crippen LogP contribution < -0.4 is 5.32 Å². The monoisotopic (exact) mass is 328 g/mol. The van der Waals surface area contributed by atoms with Crippen molar-refractivity contribution >= 4 is 28.4 Å². The van der Waals surface area contributed by atoms with E-state index in [1.165, 1.54) is 38.5 Å². The van der Waals surface area contributed by atoms with Crippen LogP contribution in [0.2, 0.25) is 5.02 Å². The van der Waals surface area contributed by atoms with E-state index in [9.17, 15) is 4.79 Å². The highest BCUT2D eigenvalue weighted by atomic mass is 35.5. The number of rotatable bonds is 2. The summed E-state index contributed by atoms with van der Waals surface area (Å²) < 4.78 is 0. The molecule has 120 valence electrons. The van der Waals surface area contributed by atoms with Gasteiger partial charge in [-0.1, -0.05) is 23.7 Å². The van der Waals surface area contributed by atoms with Crippen LogP contribution in [0.4, 0.5) is 0 Å². The average molecular weight is 329 g/mol. The Morgan fingerprint density at radius 2 is 1.78 bits per heavy atom. The number of amides is 1. The van der Waals surface area contributed by atoms with Gasteiger partial charge in [-0.05, 0) is 68.4 Å². The number of benzene rings is 1. The van der Waals surface area contributed by atoms with Crippen LogP contribution in [0.3, 0.4) is 0 Å². The van der Waals surface area contributed by atoms with Gasteiger partial charge in [-0.2, -0.15) is 0 Å². The largest absolute Gasteiger partial charge is 0.349 e. The van der Waals surface area contributed by atoms with Crippen LogP contribution in [0.25, 0.3) is 10.9 Å². The van der Waals surface area contributed by atoms with E-state index in [1.807, 2.05) is 24.3 Å². The summed E-state index contributed by atoms with van der Waals surface area (Å²) in [5.74, 6) is 2.52. The molecule has 2 aromatic rings. The molecule has 2 N–H and O–H groups in total. The maximum atomic E-state index is 12.8. The van der Waals surface area contributed by atoms with E-state index in [4.69, 9.17) is 11.6 Å². The maximum Gasteiger partial charge on any atom is 0.268 e. The maximum absolute atomic E-state index is 12.8. The smallest absolute Gasteiger partial charge is 0.268 e. The molecule has 1 aromatic heterocycles. The lowest BCUT2D eigenvalue weighted by molar-refractivity contribution is -0.0167. The second kappa shape index (κ2) is 4.76. The minimum absolute atomic E-state index is 0.0271. The molecule has 0 saturated heterocycles. The molecule has 1 aromatic carbocycles. The van der Waals surface area contributed by atoms with Crippen molar-refractivity contribution in [1.82, 2.24) is 10.3 Å². The van der Waals surface area contributed by atoms with Crippen LogP contribution in [0, 0.1) is 17.8 Å². The zero-order valence-electron chi connectivity index (χ0n) is 13.1. The van der Waals surface area contributed by atoms with Gasteiger partial charge in [0.25, 0.3) is 5.91 Å². The lowest BCUT2D eigenvalue weighted by Crippen LogP contribution is -2.59. The molecule has 4 heteroatoms. The van der Waals surface area contributed by atoms with Crippen LogP contribution in [-0.4, -0.2) is 16.4 Å². The molecule has 1 heterocycles. The van der Waals surface area contributed by atoms with E-state index in [1.54, 1.807) is 0 Å². The lowest BCUT2D eigenvalue weighted by Gasteiger charge is -2.56. The first-order valence-electron chi connectivity index (χ1n) is 8.70. The highest BCUT2D eigenvalue weighted by molar-refractivity contribution is 6.35. The quantitative estimate of drug-likeness (QED) is 0.836. The number of aromatic nitrogens is 1. The third-order valence-electron chi connectivity index (χ3n) is 6.27. The Bertz CT molecular complexity index is 758. The molecule has 3 nitrogen and oxygen atoms in total. The number of fused-ring (bicyclic) bond motifs is 1. The van der Waals surface area contributed by atoms with Crippen LogP contribution in [0.15, 0.2) is 24.3 Å². The molecule has 4 bridgehead atoms. The molecule has 4 aliphatic rings. The number of aromatic amines is 1. The van der Waals surface area contributed by atoms with Gasteiger partial charge in [0.2, 0.25) is 0 Å². The second-order valence-corrected chi connectivity index (χ2v) is 8.45. The van der Waals surface area contributed by atoms with Crippen molar-refractivity contribution in [3.05, 3.63) is 35.0 Å². The minimum atomic E-state index is 0.0271. The zero-order valence-corrected chi connectivity index (χ0v) is 13.8. The van der Waals surface area contributed by atoms with Gasteiger partial charge in [0, 0.05) is 10.9 Å². The first kappa shape index (κ1) is 13.9. The highest BCUT2D eigenvalue weighted by Crippen LogP contribution is 2.55. The fourth-order valence-corrected chi connectivity index (χ4v) is 6.04. The zero-order chi connectivity index (χ0) is 15.6. The molecule has 0 atom stereocenters. The van der Waals surface area contributed by atoms with Gasteiger partial charge in [-0.25, -0.2) is 0 Å². The Hall–Kier alpha value is -1.48. The van der Waals surface area contributed by atoms with E-state index in [-0.39, 0.29) is 11.4 Å². The van der Waals surface area contributed by atoms with E-state index in [0.717, 1.165) is 28.7 Å². The fraction of sp³-hybridized carbons (Fsp3) is 0.526. The summed E-state index contributed by atoms with van der Waals surface area (Å²) in [6.07, 6.45) is 7.68. The number of hydrogen-bond acceptors (Lipinski definition) is 1. The summed E-state index contributed by atoms with van der Waals surface area (Å²) >= 11 is 6.21. The summed E-state index contributed by atoms with van der Waals surface area (Å²) in [7, 11) is 0. The number of carbonyl (C=O) groups excluding carboxylic acids is 1. The van der Waals surface area contributed by atoms with E-state index in [2.05, 4.69) is 10.3 Å². The first-order chi connectivity index (χ1) is 11.1. The number of nitrogens with one attached hydrogen (secondary N) is 2. The van der Waals surface area contributed by atoms with Crippen molar-refractivity contribution in [2.45, 2.75) is 44.1 Å². The fourth-order valence-electron chi connectivity index (χ4n) is 5.81. The lowest BCUT2D eigenvalue weighted by atomic mass is 9.53. The molecule has 23 heavy (non-hydrogen) atoms. The topological polar surface area (TPSA) is 44.9 Å². The van der Waals surface area contributed by atoms with Gasteiger partial charge in [-0.3, -0.25) is 4.79 Å². The summed E-state index contributed by atoms with van der Waals surface area (Å²) in [5, 5.41) is 5.06. The molecule has 1 amide bonds. The first-order valence-corrected chi connectivity index (χ1v) is 9.08. The molecule has 6 rings (SSSR count). The SMILES string of the molecule is O=C(NC12CC3CC(CC(C3)C1)C2)c1cc2cccc(Cl)c2[nH]1. The summed E-state index contributed by atoms with van der Waals surface area (Å²) in [5.41, 5.74) is 1.53. The highest BCUT2D eigenvalue weighted by Gasteiger charge is 2.51. The molecular weight excluding hydrogens is 308 g/mol. The van der Waals surface area contributed by atoms with Crippen LogP contribution >= 0.6 is 11.6 Å². The normalized spacial score (nSPS) is 34.9. The molecule has 4 aliphatic carbocycles. The predicted molar refractivity (Wildman–Crippen MR) is 91.7 cm³/mol. The van der Waals surface area contributed by atoms with Crippen molar-refractivity contribution in [2.75, 3.05) is 0 Å². The standard InChI is InChI=1S/C19H21ClN2O/c20-15-3-1-2-14-7-16(21-17(14)15)18(23)22-19-8-11-4-12(9-19)6-13(5-11)10-19/h1-3,7,11-13,21H,4-6,8-10H2,(H,22,23). The Balaban J connectivity index is 1.43. The summed E-state index contributed by atoms with van der Waals surface area (Å²) in [4.78, 5) is 16.0. The molecule has 4 saturated carbocycles. The number of para-hydroxylation sites is 1. The third-order valence-corrected chi connectivity index (χ3v) is 6.58. The number of halogens is 1. The van der Waals surface area contributed by atoms with E-state index >= 15 is 0 Å². The third kappa shape index (κ3) is 2.20. The Kier molecular flexibility index (Phi) is 2.88. The predicted octanol–water partition coefficient (Wildman–Crippen LogP) is 4.52. The van der Waals surface area contributed by atoms with E-state index in [0.29, 0.717) is 10.7 Å². The number of H-pyrrole nitrogens is 1. The Morgan fingerprint density at radius 3 is 2.39 bits per heavy atom. The second-order valence-electron chi connectivity index (χ2n) is 8.04. The summed E-state index contributed by atoms with van der Waals surface area (Å²) in [6, 6.07) is 7.66. The van der Waals surface area contributed by atoms with Gasteiger partial charge >= 0.3 is 0 Å².